The highest BCUT2D eigenvalue weighted by atomic mass is 16.5. The molecular weight excluding hydrogens is 250 g/mol. The Morgan fingerprint density at radius 3 is 2.60 bits per heavy atom. The monoisotopic (exact) mass is 259 g/mol. The Labute approximate surface area is 115 Å². The number of hydrogen-bond donors (Lipinski definition) is 1. The maximum absolute atomic E-state index is 9.02. The zero-order valence-corrected chi connectivity index (χ0v) is 10.4. The maximum Gasteiger partial charge on any atom is 0.136 e. The summed E-state index contributed by atoms with van der Waals surface area (Å²) in [7, 11) is 0. The van der Waals surface area contributed by atoms with Crippen molar-refractivity contribution in [2.24, 2.45) is 0 Å². The lowest BCUT2D eigenvalue weighted by Crippen LogP contribution is -1.88. The van der Waals surface area contributed by atoms with Crippen LogP contribution in [0.15, 0.2) is 48.7 Å². The maximum atomic E-state index is 9.02. The van der Waals surface area contributed by atoms with Crippen molar-refractivity contribution in [3.63, 3.8) is 0 Å². The first-order valence-electron chi connectivity index (χ1n) is 6.00. The van der Waals surface area contributed by atoms with Crippen LogP contribution < -0.4 is 4.74 Å². The van der Waals surface area contributed by atoms with Crippen LogP contribution in [0.5, 0.6) is 11.5 Å². The van der Waals surface area contributed by atoms with E-state index in [1.165, 1.54) is 0 Å². The second-order valence-corrected chi connectivity index (χ2v) is 4.23. The molecule has 0 saturated carbocycles. The Morgan fingerprint density at radius 1 is 0.950 bits per heavy atom. The van der Waals surface area contributed by atoms with Gasteiger partial charge >= 0.3 is 0 Å². The lowest BCUT2D eigenvalue weighted by atomic mass is 10.1. The fourth-order valence-corrected chi connectivity index (χ4v) is 2.05. The highest BCUT2D eigenvalue weighted by Crippen LogP contribution is 2.30. The van der Waals surface area contributed by atoms with E-state index in [0.717, 1.165) is 10.9 Å². The molecule has 0 fully saturated rings. The molecule has 1 N–H and O–H groups in total. The van der Waals surface area contributed by atoms with Gasteiger partial charge in [-0.25, -0.2) is 0 Å². The van der Waals surface area contributed by atoms with Gasteiger partial charge in [0.2, 0.25) is 0 Å². The molecule has 1 heterocycles. The van der Waals surface area contributed by atoms with E-state index >= 15 is 0 Å². The molecule has 20 heavy (non-hydrogen) atoms. The summed E-state index contributed by atoms with van der Waals surface area (Å²) in [5.74, 6) is 1.24. The van der Waals surface area contributed by atoms with Gasteiger partial charge in [0, 0.05) is 17.1 Å². The minimum Gasteiger partial charge on any atom is -0.457 e. The number of ether oxygens (including phenoxy) is 1. The molecule has 3 rings (SSSR count). The van der Waals surface area contributed by atoms with Crippen molar-refractivity contribution in [2.45, 2.75) is 0 Å². The van der Waals surface area contributed by atoms with Crippen molar-refractivity contribution in [2.75, 3.05) is 0 Å². The van der Waals surface area contributed by atoms with E-state index in [4.69, 9.17) is 15.3 Å². The lowest BCUT2D eigenvalue weighted by Gasteiger charge is -2.07. The molecule has 0 unspecified atom stereocenters. The fourth-order valence-electron chi connectivity index (χ4n) is 2.05. The van der Waals surface area contributed by atoms with Crippen molar-refractivity contribution in [1.82, 2.24) is 4.98 Å². The zero-order valence-electron chi connectivity index (χ0n) is 10.4. The Morgan fingerprint density at radius 2 is 1.80 bits per heavy atom. The summed E-state index contributed by atoms with van der Waals surface area (Å²) >= 11 is 0. The first-order chi connectivity index (χ1) is 9.81. The van der Waals surface area contributed by atoms with Crippen LogP contribution in [0.2, 0.25) is 0 Å². The van der Waals surface area contributed by atoms with Crippen LogP contribution in [0, 0.1) is 22.7 Å². The summed E-state index contributed by atoms with van der Waals surface area (Å²) in [4.78, 5) is 3.11. The number of aromatic nitrogens is 1. The first kappa shape index (κ1) is 11.8. The zero-order chi connectivity index (χ0) is 13.9. The number of nitrogens with one attached hydrogen (secondary N) is 1. The molecule has 0 spiro atoms. The Kier molecular flexibility index (Phi) is 2.84. The highest BCUT2D eigenvalue weighted by molar-refractivity contribution is 5.86. The molecule has 4 nitrogen and oxygen atoms in total. The number of fused-ring (bicyclic) bond motifs is 1. The van der Waals surface area contributed by atoms with Gasteiger partial charge in [-0.05, 0) is 36.4 Å². The molecule has 2 aromatic carbocycles. The van der Waals surface area contributed by atoms with Crippen molar-refractivity contribution in [3.05, 3.63) is 59.8 Å². The average Bonchev–Trinajstić information content (AvgIpc) is 2.96. The molecule has 94 valence electrons. The van der Waals surface area contributed by atoms with Gasteiger partial charge in [-0.2, -0.15) is 10.5 Å². The van der Waals surface area contributed by atoms with E-state index in [9.17, 15) is 0 Å². The van der Waals surface area contributed by atoms with Gasteiger partial charge in [0.25, 0.3) is 0 Å². The summed E-state index contributed by atoms with van der Waals surface area (Å²) in [6.07, 6.45) is 1.84. The number of nitrogens with zero attached hydrogens (tertiary/aromatic N) is 2. The minimum atomic E-state index is 0.311. The number of H-pyrrole nitrogens is 1. The van der Waals surface area contributed by atoms with Gasteiger partial charge in [-0.1, -0.05) is 6.07 Å². The lowest BCUT2D eigenvalue weighted by molar-refractivity contribution is 0.488. The predicted molar refractivity (Wildman–Crippen MR) is 74.2 cm³/mol. The standard InChI is InChI=1S/C16H9N3O/c17-9-11-4-5-13(8-12(11)10-18)20-16-3-1-2-15-14(16)6-7-19-15/h1-8,19H. The summed E-state index contributed by atoms with van der Waals surface area (Å²) in [6.45, 7) is 0. The summed E-state index contributed by atoms with van der Waals surface area (Å²) < 4.78 is 5.81. The molecule has 0 aliphatic heterocycles. The summed E-state index contributed by atoms with van der Waals surface area (Å²) in [6, 6.07) is 16.5. The minimum absolute atomic E-state index is 0.311. The average molecular weight is 259 g/mol. The number of nitriles is 2. The molecule has 0 saturated heterocycles. The summed E-state index contributed by atoms with van der Waals surface area (Å²) in [5, 5.41) is 18.9. The van der Waals surface area contributed by atoms with Crippen molar-refractivity contribution in [3.8, 4) is 23.6 Å². The van der Waals surface area contributed by atoms with E-state index in [0.29, 0.717) is 22.6 Å². The molecule has 0 bridgehead atoms. The second-order valence-electron chi connectivity index (χ2n) is 4.23. The third-order valence-electron chi connectivity index (χ3n) is 3.01. The van der Waals surface area contributed by atoms with E-state index < -0.39 is 0 Å². The van der Waals surface area contributed by atoms with Gasteiger partial charge in [0.1, 0.15) is 23.6 Å². The smallest absolute Gasteiger partial charge is 0.136 e. The summed E-state index contributed by atoms with van der Waals surface area (Å²) in [5.41, 5.74) is 1.64. The van der Waals surface area contributed by atoms with Crippen LogP contribution in [0.1, 0.15) is 11.1 Å². The SMILES string of the molecule is N#Cc1ccc(Oc2cccc3[nH]ccc23)cc1C#N. The number of hydrogen-bond acceptors (Lipinski definition) is 3. The van der Waals surface area contributed by atoms with Crippen LogP contribution in [-0.2, 0) is 0 Å². The van der Waals surface area contributed by atoms with Gasteiger partial charge < -0.3 is 9.72 Å². The highest BCUT2D eigenvalue weighted by Gasteiger charge is 2.07. The van der Waals surface area contributed by atoms with E-state index in [-0.39, 0.29) is 0 Å². The van der Waals surface area contributed by atoms with Gasteiger partial charge in [-0.3, -0.25) is 0 Å². The second kappa shape index (κ2) is 4.79. The normalized spacial score (nSPS) is 9.90. The van der Waals surface area contributed by atoms with Gasteiger partial charge in [-0.15, -0.1) is 0 Å². The van der Waals surface area contributed by atoms with Crippen LogP contribution in [0.4, 0.5) is 0 Å². The quantitative estimate of drug-likeness (QED) is 0.762. The van der Waals surface area contributed by atoms with Crippen molar-refractivity contribution >= 4 is 10.9 Å². The largest absolute Gasteiger partial charge is 0.457 e. The third kappa shape index (κ3) is 1.96. The van der Waals surface area contributed by atoms with Gasteiger partial charge in [0.15, 0.2) is 0 Å². The molecule has 3 aromatic rings. The molecule has 0 atom stereocenters. The molecule has 0 aliphatic carbocycles. The molecule has 0 amide bonds. The van der Waals surface area contributed by atoms with Crippen molar-refractivity contribution < 1.29 is 4.74 Å². The van der Waals surface area contributed by atoms with Crippen LogP contribution in [0.25, 0.3) is 10.9 Å². The predicted octanol–water partition coefficient (Wildman–Crippen LogP) is 3.70. The van der Waals surface area contributed by atoms with E-state index in [1.807, 2.05) is 42.6 Å². The molecule has 0 aliphatic rings. The molecule has 4 heteroatoms. The van der Waals surface area contributed by atoms with Gasteiger partial charge in [0.05, 0.1) is 11.1 Å². The Bertz CT molecular complexity index is 865. The van der Waals surface area contributed by atoms with E-state index in [1.54, 1.807) is 18.2 Å². The van der Waals surface area contributed by atoms with E-state index in [2.05, 4.69) is 4.98 Å². The molecular formula is C16H9N3O. The molecule has 0 radical (unpaired) electrons. The Balaban J connectivity index is 2.02. The van der Waals surface area contributed by atoms with Crippen molar-refractivity contribution in [1.29, 1.82) is 10.5 Å². The molecule has 1 aromatic heterocycles. The number of aromatic amines is 1. The van der Waals surface area contributed by atoms with Crippen LogP contribution in [-0.4, -0.2) is 4.98 Å². The first-order valence-corrected chi connectivity index (χ1v) is 6.00. The third-order valence-corrected chi connectivity index (χ3v) is 3.01. The fraction of sp³-hybridized carbons (Fsp3) is 0. The number of benzene rings is 2. The van der Waals surface area contributed by atoms with Crippen LogP contribution >= 0.6 is 0 Å². The Hall–Kier alpha value is -3.24. The number of rotatable bonds is 2. The topological polar surface area (TPSA) is 72.6 Å². The van der Waals surface area contributed by atoms with Crippen LogP contribution in [0.3, 0.4) is 0 Å².